The van der Waals surface area contributed by atoms with E-state index in [0.717, 1.165) is 0 Å². The highest BCUT2D eigenvalue weighted by atomic mass is 32.1. The van der Waals surface area contributed by atoms with Gasteiger partial charge >= 0.3 is 5.97 Å². The van der Waals surface area contributed by atoms with Crippen LogP contribution in [0.1, 0.15) is 15.4 Å². The molecule has 0 spiro atoms. The molecule has 0 aliphatic carbocycles. The summed E-state index contributed by atoms with van der Waals surface area (Å²) in [5.41, 5.74) is 1.74. The summed E-state index contributed by atoms with van der Waals surface area (Å²) in [6.45, 7) is 0. The van der Waals surface area contributed by atoms with Crippen molar-refractivity contribution >= 4 is 17.3 Å². The van der Waals surface area contributed by atoms with Gasteiger partial charge in [0.15, 0.2) is 5.69 Å². The van der Waals surface area contributed by atoms with E-state index in [2.05, 4.69) is 15.6 Å². The molecule has 0 radical (unpaired) electrons. The molecule has 1 aromatic heterocycles. The van der Waals surface area contributed by atoms with Gasteiger partial charge in [0, 0.05) is 0 Å². The van der Waals surface area contributed by atoms with Crippen LogP contribution in [-0.4, -0.2) is 18.1 Å². The molecule has 11 heavy (non-hydrogen) atoms. The van der Waals surface area contributed by atoms with Gasteiger partial charge in [0.2, 0.25) is 0 Å². The van der Waals surface area contributed by atoms with Gasteiger partial charge in [0.05, 0.1) is 12.6 Å². The number of hydrogen-bond acceptors (Lipinski definition) is 4. The fourth-order valence-corrected chi connectivity index (χ4v) is 1.17. The Balaban J connectivity index is 3.05. The lowest BCUT2D eigenvalue weighted by atomic mass is 10.4. The molecule has 56 valence electrons. The standard InChI is InChI=1S/C7H5NO2S/c1-3-5-6(7(9)10-2)8-4-11-5/h1,4H,2H3. The molecule has 0 N–H and O–H groups in total. The molecule has 0 aliphatic rings. The second-order valence-electron chi connectivity index (χ2n) is 1.67. The summed E-state index contributed by atoms with van der Waals surface area (Å²) in [5.74, 6) is 1.86. The predicted octanol–water partition coefficient (Wildman–Crippen LogP) is 0.911. The van der Waals surface area contributed by atoms with E-state index >= 15 is 0 Å². The first-order chi connectivity index (χ1) is 5.29. The van der Waals surface area contributed by atoms with Crippen molar-refractivity contribution in [3.8, 4) is 12.3 Å². The summed E-state index contributed by atoms with van der Waals surface area (Å²) in [7, 11) is 1.29. The molecule has 0 amide bonds. The Morgan fingerprint density at radius 3 is 3.18 bits per heavy atom. The summed E-state index contributed by atoms with van der Waals surface area (Å²) in [4.78, 5) is 15.2. The van der Waals surface area contributed by atoms with Crippen LogP contribution in [0.4, 0.5) is 0 Å². The third kappa shape index (κ3) is 1.38. The Morgan fingerprint density at radius 1 is 1.91 bits per heavy atom. The van der Waals surface area contributed by atoms with Crippen LogP contribution >= 0.6 is 11.3 Å². The number of methoxy groups -OCH3 is 1. The van der Waals surface area contributed by atoms with Crippen molar-refractivity contribution in [1.29, 1.82) is 0 Å². The Bertz CT molecular complexity index is 310. The highest BCUT2D eigenvalue weighted by molar-refractivity contribution is 7.10. The number of rotatable bonds is 1. The summed E-state index contributed by atoms with van der Waals surface area (Å²) in [6, 6.07) is 0. The Kier molecular flexibility index (Phi) is 2.24. The zero-order valence-corrected chi connectivity index (χ0v) is 6.64. The minimum absolute atomic E-state index is 0.222. The lowest BCUT2D eigenvalue weighted by Crippen LogP contribution is -2.02. The molecule has 0 atom stereocenters. The zero-order chi connectivity index (χ0) is 8.27. The van der Waals surface area contributed by atoms with E-state index < -0.39 is 5.97 Å². The number of terminal acetylenes is 1. The van der Waals surface area contributed by atoms with E-state index in [4.69, 9.17) is 6.42 Å². The predicted molar refractivity (Wildman–Crippen MR) is 41.4 cm³/mol. The van der Waals surface area contributed by atoms with Gasteiger partial charge in [-0.2, -0.15) is 0 Å². The number of nitrogens with zero attached hydrogens (tertiary/aromatic N) is 1. The van der Waals surface area contributed by atoms with E-state index in [0.29, 0.717) is 4.88 Å². The maximum Gasteiger partial charge on any atom is 0.358 e. The van der Waals surface area contributed by atoms with E-state index in [1.807, 2.05) is 0 Å². The van der Waals surface area contributed by atoms with Crippen LogP contribution in [0.5, 0.6) is 0 Å². The van der Waals surface area contributed by atoms with Gasteiger partial charge in [-0.3, -0.25) is 0 Å². The van der Waals surface area contributed by atoms with Crippen molar-refractivity contribution in [2.24, 2.45) is 0 Å². The van der Waals surface area contributed by atoms with Gasteiger partial charge < -0.3 is 4.74 Å². The number of carbonyl (C=O) groups is 1. The van der Waals surface area contributed by atoms with Gasteiger partial charge in [-0.1, -0.05) is 5.92 Å². The van der Waals surface area contributed by atoms with Crippen LogP contribution in [0.3, 0.4) is 0 Å². The second-order valence-corrected chi connectivity index (χ2v) is 2.52. The van der Waals surface area contributed by atoms with Crippen molar-refractivity contribution < 1.29 is 9.53 Å². The maximum atomic E-state index is 10.9. The van der Waals surface area contributed by atoms with Crippen molar-refractivity contribution in [3.63, 3.8) is 0 Å². The van der Waals surface area contributed by atoms with Crippen molar-refractivity contribution in [1.82, 2.24) is 4.98 Å². The van der Waals surface area contributed by atoms with E-state index in [-0.39, 0.29) is 5.69 Å². The molecular formula is C7H5NO2S. The fourth-order valence-electron chi connectivity index (χ4n) is 0.591. The van der Waals surface area contributed by atoms with Gasteiger partial charge in [0.25, 0.3) is 0 Å². The minimum Gasteiger partial charge on any atom is -0.464 e. The normalized spacial score (nSPS) is 8.73. The monoisotopic (exact) mass is 167 g/mol. The third-order valence-corrected chi connectivity index (χ3v) is 1.83. The van der Waals surface area contributed by atoms with Crippen LogP contribution in [0.2, 0.25) is 0 Å². The quantitative estimate of drug-likeness (QED) is 0.461. The average molecular weight is 167 g/mol. The van der Waals surface area contributed by atoms with Crippen LogP contribution in [-0.2, 0) is 4.74 Å². The molecule has 0 saturated heterocycles. The molecule has 0 bridgehead atoms. The molecule has 0 fully saturated rings. The largest absolute Gasteiger partial charge is 0.464 e. The van der Waals surface area contributed by atoms with Crippen molar-refractivity contribution in [3.05, 3.63) is 16.1 Å². The number of carbonyl (C=O) groups excluding carboxylic acids is 1. The topological polar surface area (TPSA) is 39.2 Å². The zero-order valence-electron chi connectivity index (χ0n) is 5.83. The second kappa shape index (κ2) is 3.17. The Hall–Kier alpha value is -1.34. The summed E-state index contributed by atoms with van der Waals surface area (Å²) in [5, 5.41) is 0. The molecule has 4 heteroatoms. The van der Waals surface area contributed by atoms with E-state index in [9.17, 15) is 4.79 Å². The number of thiazole rings is 1. The summed E-state index contributed by atoms with van der Waals surface area (Å²) in [6.07, 6.45) is 5.10. The molecule has 0 aliphatic heterocycles. The van der Waals surface area contributed by atoms with Gasteiger partial charge in [-0.25, -0.2) is 9.78 Å². The van der Waals surface area contributed by atoms with E-state index in [1.165, 1.54) is 24.0 Å². The molecular weight excluding hydrogens is 162 g/mol. The first-order valence-corrected chi connectivity index (χ1v) is 3.66. The number of aromatic nitrogens is 1. The third-order valence-electron chi connectivity index (χ3n) is 1.08. The summed E-state index contributed by atoms with van der Waals surface area (Å²) >= 11 is 1.25. The molecule has 0 unspecified atom stereocenters. The number of ether oxygens (including phenoxy) is 1. The number of hydrogen-bond donors (Lipinski definition) is 0. The molecule has 3 nitrogen and oxygen atoms in total. The van der Waals surface area contributed by atoms with Crippen LogP contribution < -0.4 is 0 Å². The van der Waals surface area contributed by atoms with Crippen LogP contribution in [0.15, 0.2) is 5.51 Å². The first-order valence-electron chi connectivity index (χ1n) is 2.78. The highest BCUT2D eigenvalue weighted by Gasteiger charge is 2.12. The fraction of sp³-hybridized carbons (Fsp3) is 0.143. The first kappa shape index (κ1) is 7.76. The minimum atomic E-state index is -0.487. The lowest BCUT2D eigenvalue weighted by Gasteiger charge is -1.92. The summed E-state index contributed by atoms with van der Waals surface area (Å²) < 4.78 is 4.45. The average Bonchev–Trinajstić information content (AvgIpc) is 2.50. The van der Waals surface area contributed by atoms with E-state index in [1.54, 1.807) is 0 Å². The molecule has 1 heterocycles. The van der Waals surface area contributed by atoms with Crippen LogP contribution in [0.25, 0.3) is 0 Å². The lowest BCUT2D eigenvalue weighted by molar-refractivity contribution is 0.0594. The maximum absolute atomic E-state index is 10.9. The van der Waals surface area contributed by atoms with Crippen molar-refractivity contribution in [2.45, 2.75) is 0 Å². The smallest absolute Gasteiger partial charge is 0.358 e. The SMILES string of the molecule is C#Cc1scnc1C(=O)OC. The molecule has 1 aromatic rings. The molecule has 0 saturated carbocycles. The Labute approximate surface area is 68.0 Å². The number of esters is 1. The molecule has 1 rings (SSSR count). The van der Waals surface area contributed by atoms with Gasteiger partial charge in [-0.15, -0.1) is 17.8 Å². The van der Waals surface area contributed by atoms with Crippen LogP contribution in [0, 0.1) is 12.3 Å². The molecule has 0 aromatic carbocycles. The Morgan fingerprint density at radius 2 is 2.64 bits per heavy atom. The highest BCUT2D eigenvalue weighted by Crippen LogP contribution is 2.11. The van der Waals surface area contributed by atoms with Gasteiger partial charge in [0.1, 0.15) is 4.88 Å². The van der Waals surface area contributed by atoms with Crippen molar-refractivity contribution in [2.75, 3.05) is 7.11 Å². The van der Waals surface area contributed by atoms with Gasteiger partial charge in [-0.05, 0) is 0 Å².